The molecule has 50 heavy (non-hydrogen) atoms. The van der Waals surface area contributed by atoms with E-state index in [-0.39, 0.29) is 0 Å². The van der Waals surface area contributed by atoms with E-state index in [0.29, 0.717) is 0 Å². The number of hydrogen-bond donors (Lipinski definition) is 0. The van der Waals surface area contributed by atoms with E-state index in [9.17, 15) is 0 Å². The second-order valence-corrected chi connectivity index (χ2v) is 16.3. The highest BCUT2D eigenvalue weighted by molar-refractivity contribution is 5.63. The number of benzene rings is 2. The molecule has 0 saturated carbocycles. The van der Waals surface area contributed by atoms with E-state index in [1.165, 1.54) is 193 Å². The Morgan fingerprint density at radius 1 is 0.220 bits per heavy atom. The van der Waals surface area contributed by atoms with Gasteiger partial charge in [-0.3, -0.25) is 0 Å². The van der Waals surface area contributed by atoms with Crippen LogP contribution in [0.3, 0.4) is 0 Å². The normalized spacial score (nSPS) is 12.5. The van der Waals surface area contributed by atoms with Crippen LogP contribution in [0.4, 0.5) is 0 Å². The van der Waals surface area contributed by atoms with Gasteiger partial charge in [0.2, 0.25) is 0 Å². The van der Waals surface area contributed by atoms with Crippen LogP contribution in [0.1, 0.15) is 251 Å². The predicted octanol–water partition coefficient (Wildman–Crippen LogP) is 15.5. The maximum Gasteiger partial charge on any atom is -0.00142 e. The van der Waals surface area contributed by atoms with Gasteiger partial charge < -0.3 is 0 Å². The predicted molar refractivity (Wildman–Crippen MR) is 226 cm³/mol. The highest BCUT2D eigenvalue weighted by Crippen LogP contribution is 2.44. The molecule has 0 heterocycles. The van der Waals surface area contributed by atoms with Crippen LogP contribution >= 0.6 is 0 Å². The summed E-state index contributed by atoms with van der Waals surface area (Å²) in [5, 5.41) is 0. The minimum Gasteiger partial charge on any atom is -0.0654 e. The van der Waals surface area contributed by atoms with Crippen LogP contribution in [0.5, 0.6) is 0 Å². The molecule has 0 fully saturated rings. The van der Waals surface area contributed by atoms with Crippen molar-refractivity contribution in [3.05, 3.63) is 66.8 Å². The quantitative estimate of drug-likeness (QED) is 0.0668. The van der Waals surface area contributed by atoms with Gasteiger partial charge in [0.05, 0.1) is 0 Å². The van der Waals surface area contributed by atoms with Crippen molar-refractivity contribution in [2.45, 2.75) is 248 Å². The molecule has 0 aliphatic heterocycles. The highest BCUT2D eigenvalue weighted by Gasteiger charge is 2.31. The average molecular weight is 685 g/mol. The number of unbranched alkanes of at least 4 members (excludes halogenated alkanes) is 12. The van der Waals surface area contributed by atoms with E-state index in [1.54, 1.807) is 22.3 Å². The molecule has 0 nitrogen and oxygen atoms in total. The molecule has 0 spiro atoms. The molecule has 1 aliphatic rings. The average Bonchev–Trinajstić information content (AvgIpc) is 3.12. The maximum atomic E-state index is 2.44. The summed E-state index contributed by atoms with van der Waals surface area (Å²) in [6.07, 6.45) is 39.8. The fourth-order valence-electron chi connectivity index (χ4n) is 9.72. The largest absolute Gasteiger partial charge is 0.0654 e. The molecule has 0 radical (unpaired) electrons. The van der Waals surface area contributed by atoms with Crippen molar-refractivity contribution < 1.29 is 0 Å². The van der Waals surface area contributed by atoms with Crippen LogP contribution in [-0.2, 0) is 64.2 Å². The fourth-order valence-corrected chi connectivity index (χ4v) is 9.72. The highest BCUT2D eigenvalue weighted by atomic mass is 14.4. The number of rotatable bonds is 28. The van der Waals surface area contributed by atoms with Crippen LogP contribution in [0.25, 0.3) is 0 Å². The summed E-state index contributed by atoms with van der Waals surface area (Å²) in [4.78, 5) is 0. The molecule has 0 heteroatoms. The lowest BCUT2D eigenvalue weighted by molar-refractivity contribution is 0.625. The lowest BCUT2D eigenvalue weighted by Gasteiger charge is -2.35. The summed E-state index contributed by atoms with van der Waals surface area (Å²) in [5.41, 5.74) is 21.9. The summed E-state index contributed by atoms with van der Waals surface area (Å²) in [6.45, 7) is 19.2. The third-order valence-corrected chi connectivity index (χ3v) is 12.2. The maximum absolute atomic E-state index is 2.44. The van der Waals surface area contributed by atoms with E-state index in [2.05, 4.69) is 55.4 Å². The third-order valence-electron chi connectivity index (χ3n) is 12.2. The molecular weight excluding hydrogens is 601 g/mol. The summed E-state index contributed by atoms with van der Waals surface area (Å²) in [7, 11) is 0. The van der Waals surface area contributed by atoms with Crippen molar-refractivity contribution in [1.29, 1.82) is 0 Å². The van der Waals surface area contributed by atoms with E-state index < -0.39 is 0 Å². The summed E-state index contributed by atoms with van der Waals surface area (Å²) in [6, 6.07) is 0. The second-order valence-electron chi connectivity index (χ2n) is 16.3. The molecule has 0 aromatic heterocycles. The zero-order chi connectivity index (χ0) is 36.1. The minimum atomic E-state index is 1.23. The fraction of sp³-hybridized carbons (Fsp3) is 0.760. The molecule has 2 aromatic rings. The first kappa shape index (κ1) is 42.8. The van der Waals surface area contributed by atoms with E-state index in [1.807, 2.05) is 44.5 Å². The molecule has 0 atom stereocenters. The Morgan fingerprint density at radius 3 is 0.700 bits per heavy atom. The monoisotopic (exact) mass is 685 g/mol. The molecule has 3 rings (SSSR count). The summed E-state index contributed by atoms with van der Waals surface area (Å²) >= 11 is 0. The molecule has 2 aromatic carbocycles. The zero-order valence-electron chi connectivity index (χ0n) is 35.2. The van der Waals surface area contributed by atoms with Crippen molar-refractivity contribution in [3.8, 4) is 0 Å². The number of hydrogen-bond acceptors (Lipinski definition) is 0. The van der Waals surface area contributed by atoms with Crippen molar-refractivity contribution in [3.63, 3.8) is 0 Å². The zero-order valence-corrected chi connectivity index (χ0v) is 35.2. The van der Waals surface area contributed by atoms with Gasteiger partial charge in [-0.05, 0) is 157 Å². The SMILES string of the molecule is CCCCCCc1c(CCCCCC)c(CCCCCC)c2c(c1CCCCCC)Cc1c(CCC)c(CCC)c(CCC)c(CCC)c1C2. The van der Waals surface area contributed by atoms with Crippen LogP contribution in [0, 0.1) is 0 Å². The van der Waals surface area contributed by atoms with Crippen molar-refractivity contribution in [2.24, 2.45) is 0 Å². The van der Waals surface area contributed by atoms with Crippen LogP contribution in [0.2, 0.25) is 0 Å². The van der Waals surface area contributed by atoms with Gasteiger partial charge in [0.15, 0.2) is 0 Å². The Hall–Kier alpha value is -1.56. The van der Waals surface area contributed by atoms with Gasteiger partial charge in [0.1, 0.15) is 0 Å². The van der Waals surface area contributed by atoms with E-state index in [0.717, 1.165) is 0 Å². The van der Waals surface area contributed by atoms with Gasteiger partial charge in [-0.15, -0.1) is 0 Å². The third kappa shape index (κ3) is 11.7. The standard InChI is InChI=1S/C50H84/c1-9-17-21-25-33-43-44(34-26-22-18-10-2)46(36-28-24-20-12-4)50-38-48-42(32-16-8)40(30-14-6)39(29-13-5)41(31-15-7)47(48)37-49(50)45(43)35-27-23-19-11-3/h9-38H2,1-8H3. The van der Waals surface area contributed by atoms with Crippen molar-refractivity contribution in [2.75, 3.05) is 0 Å². The van der Waals surface area contributed by atoms with Gasteiger partial charge in [0.25, 0.3) is 0 Å². The Bertz CT molecular complexity index is 1150. The topological polar surface area (TPSA) is 0 Å². The van der Waals surface area contributed by atoms with Gasteiger partial charge in [-0.25, -0.2) is 0 Å². The minimum absolute atomic E-state index is 1.23. The molecular formula is C50H84. The van der Waals surface area contributed by atoms with Crippen molar-refractivity contribution >= 4 is 0 Å². The van der Waals surface area contributed by atoms with Gasteiger partial charge in [-0.1, -0.05) is 158 Å². The summed E-state index contributed by atoms with van der Waals surface area (Å²) < 4.78 is 0. The number of fused-ring (bicyclic) bond motifs is 2. The molecule has 1 aliphatic carbocycles. The second kappa shape index (κ2) is 24.6. The van der Waals surface area contributed by atoms with Crippen LogP contribution < -0.4 is 0 Å². The van der Waals surface area contributed by atoms with Crippen LogP contribution in [0.15, 0.2) is 0 Å². The smallest absolute Gasteiger partial charge is 0.00142 e. The Morgan fingerprint density at radius 2 is 0.440 bits per heavy atom. The first-order chi connectivity index (χ1) is 24.6. The Kier molecular flexibility index (Phi) is 21.1. The van der Waals surface area contributed by atoms with Gasteiger partial charge in [0, 0.05) is 0 Å². The molecule has 0 saturated heterocycles. The van der Waals surface area contributed by atoms with Gasteiger partial charge >= 0.3 is 0 Å². The Balaban J connectivity index is 2.38. The molecule has 284 valence electrons. The summed E-state index contributed by atoms with van der Waals surface area (Å²) in [5.74, 6) is 0. The first-order valence-electron chi connectivity index (χ1n) is 22.9. The van der Waals surface area contributed by atoms with Gasteiger partial charge in [-0.2, -0.15) is 0 Å². The lowest BCUT2D eigenvalue weighted by Crippen LogP contribution is -2.23. The van der Waals surface area contributed by atoms with E-state index in [4.69, 9.17) is 0 Å². The van der Waals surface area contributed by atoms with E-state index >= 15 is 0 Å². The Labute approximate surface area is 313 Å². The molecule has 0 N–H and O–H groups in total. The lowest BCUT2D eigenvalue weighted by atomic mass is 9.69. The first-order valence-corrected chi connectivity index (χ1v) is 22.9. The molecule has 0 amide bonds. The molecule has 0 unspecified atom stereocenters. The van der Waals surface area contributed by atoms with Crippen molar-refractivity contribution in [1.82, 2.24) is 0 Å². The molecule has 0 bridgehead atoms. The van der Waals surface area contributed by atoms with Crippen LogP contribution in [-0.4, -0.2) is 0 Å².